The number of rotatable bonds is 2. The highest BCUT2D eigenvalue weighted by molar-refractivity contribution is 5.85. The average molecular weight is 253 g/mol. The normalized spacial score (nSPS) is 28.9. The Morgan fingerprint density at radius 1 is 1.17 bits per heavy atom. The monoisotopic (exact) mass is 253 g/mol. The minimum atomic E-state index is -0.485. The van der Waals surface area contributed by atoms with E-state index in [4.69, 9.17) is 9.47 Å². The van der Waals surface area contributed by atoms with Crippen LogP contribution in [0.1, 0.15) is 39.5 Å². The van der Waals surface area contributed by atoms with Gasteiger partial charge < -0.3 is 14.4 Å². The van der Waals surface area contributed by atoms with Gasteiger partial charge >= 0.3 is 0 Å². The summed E-state index contributed by atoms with van der Waals surface area (Å²) in [5.74, 6) is 0.282. The molecule has 3 aliphatic rings. The summed E-state index contributed by atoms with van der Waals surface area (Å²) in [5, 5.41) is 0. The van der Waals surface area contributed by atoms with Crippen molar-refractivity contribution in [3.05, 3.63) is 0 Å². The first-order valence-corrected chi connectivity index (χ1v) is 7.15. The SMILES string of the molecule is CC(C)C1(C(=O)N2CCCC3(C2)OCCO3)CC1. The number of likely N-dealkylation sites (tertiary alicyclic amines) is 1. The van der Waals surface area contributed by atoms with Crippen LogP contribution in [0.25, 0.3) is 0 Å². The van der Waals surface area contributed by atoms with Crippen LogP contribution in [-0.2, 0) is 14.3 Å². The molecule has 0 aromatic heterocycles. The second-order valence-corrected chi connectivity index (χ2v) is 6.25. The second kappa shape index (κ2) is 4.20. The van der Waals surface area contributed by atoms with Crippen LogP contribution >= 0.6 is 0 Å². The van der Waals surface area contributed by atoms with Crippen molar-refractivity contribution >= 4 is 5.91 Å². The molecule has 0 unspecified atom stereocenters. The number of amides is 1. The molecule has 1 amide bonds. The molecule has 1 aliphatic carbocycles. The fourth-order valence-electron chi connectivity index (χ4n) is 3.38. The molecule has 1 saturated carbocycles. The lowest BCUT2D eigenvalue weighted by Crippen LogP contribution is -2.53. The Bertz CT molecular complexity index is 343. The number of ether oxygens (including phenoxy) is 2. The van der Waals surface area contributed by atoms with E-state index in [0.29, 0.717) is 31.6 Å². The predicted molar refractivity (Wildman–Crippen MR) is 67.0 cm³/mol. The number of piperidine rings is 1. The van der Waals surface area contributed by atoms with E-state index in [0.717, 1.165) is 32.2 Å². The van der Waals surface area contributed by atoms with E-state index in [1.165, 1.54) is 0 Å². The Hall–Kier alpha value is -0.610. The van der Waals surface area contributed by atoms with Gasteiger partial charge in [-0.15, -0.1) is 0 Å². The summed E-state index contributed by atoms with van der Waals surface area (Å²) in [4.78, 5) is 14.7. The Labute approximate surface area is 109 Å². The van der Waals surface area contributed by atoms with Gasteiger partial charge in [0.05, 0.1) is 25.2 Å². The molecule has 2 aliphatic heterocycles. The van der Waals surface area contributed by atoms with Crippen molar-refractivity contribution in [2.45, 2.75) is 45.3 Å². The molecule has 18 heavy (non-hydrogen) atoms. The molecule has 3 rings (SSSR count). The van der Waals surface area contributed by atoms with Crippen LogP contribution in [0.15, 0.2) is 0 Å². The van der Waals surface area contributed by atoms with E-state index in [1.807, 2.05) is 4.90 Å². The molecule has 4 heteroatoms. The molecular formula is C14H23NO3. The van der Waals surface area contributed by atoms with Crippen molar-refractivity contribution in [1.82, 2.24) is 4.90 Å². The molecule has 2 heterocycles. The smallest absolute Gasteiger partial charge is 0.229 e. The molecule has 102 valence electrons. The summed E-state index contributed by atoms with van der Waals surface area (Å²) < 4.78 is 11.5. The topological polar surface area (TPSA) is 38.8 Å². The van der Waals surface area contributed by atoms with Crippen LogP contribution in [0.3, 0.4) is 0 Å². The van der Waals surface area contributed by atoms with E-state index in [2.05, 4.69) is 13.8 Å². The zero-order valence-corrected chi connectivity index (χ0v) is 11.4. The highest BCUT2D eigenvalue weighted by atomic mass is 16.7. The van der Waals surface area contributed by atoms with Crippen LogP contribution in [0.4, 0.5) is 0 Å². The second-order valence-electron chi connectivity index (χ2n) is 6.25. The van der Waals surface area contributed by atoms with Gasteiger partial charge in [0, 0.05) is 13.0 Å². The van der Waals surface area contributed by atoms with Gasteiger partial charge in [-0.1, -0.05) is 13.8 Å². The summed E-state index contributed by atoms with van der Waals surface area (Å²) >= 11 is 0. The van der Waals surface area contributed by atoms with Gasteiger partial charge in [-0.05, 0) is 25.2 Å². The third-order valence-corrected chi connectivity index (χ3v) is 4.84. The highest BCUT2D eigenvalue weighted by Crippen LogP contribution is 2.53. The van der Waals surface area contributed by atoms with Gasteiger partial charge in [0.15, 0.2) is 5.79 Å². The van der Waals surface area contributed by atoms with Crippen molar-refractivity contribution in [2.24, 2.45) is 11.3 Å². The molecule has 4 nitrogen and oxygen atoms in total. The van der Waals surface area contributed by atoms with Crippen LogP contribution in [0.2, 0.25) is 0 Å². The van der Waals surface area contributed by atoms with Crippen molar-refractivity contribution in [3.63, 3.8) is 0 Å². The molecule has 0 aromatic carbocycles. The van der Waals surface area contributed by atoms with Gasteiger partial charge in [0.1, 0.15) is 0 Å². The minimum absolute atomic E-state index is 0.0723. The minimum Gasteiger partial charge on any atom is -0.346 e. The molecular weight excluding hydrogens is 230 g/mol. The third-order valence-electron chi connectivity index (χ3n) is 4.84. The molecule has 0 aromatic rings. The van der Waals surface area contributed by atoms with E-state index < -0.39 is 5.79 Å². The number of hydrogen-bond donors (Lipinski definition) is 0. The Morgan fingerprint density at radius 3 is 2.39 bits per heavy atom. The van der Waals surface area contributed by atoms with Crippen molar-refractivity contribution < 1.29 is 14.3 Å². The van der Waals surface area contributed by atoms with E-state index in [-0.39, 0.29) is 5.41 Å². The molecule has 0 bridgehead atoms. The predicted octanol–water partition coefficient (Wildman–Crippen LogP) is 1.79. The molecule has 3 fully saturated rings. The quantitative estimate of drug-likeness (QED) is 0.753. The first-order chi connectivity index (χ1) is 8.58. The first-order valence-electron chi connectivity index (χ1n) is 7.15. The van der Waals surface area contributed by atoms with E-state index in [1.54, 1.807) is 0 Å². The maximum atomic E-state index is 12.7. The lowest BCUT2D eigenvalue weighted by molar-refractivity contribution is -0.195. The van der Waals surface area contributed by atoms with Crippen LogP contribution in [-0.4, -0.2) is 42.9 Å². The Kier molecular flexibility index (Phi) is 2.90. The molecule has 2 saturated heterocycles. The molecule has 1 spiro atoms. The van der Waals surface area contributed by atoms with Crippen molar-refractivity contribution in [2.75, 3.05) is 26.3 Å². The van der Waals surface area contributed by atoms with Crippen molar-refractivity contribution in [1.29, 1.82) is 0 Å². The van der Waals surface area contributed by atoms with Gasteiger partial charge in [0.25, 0.3) is 0 Å². The molecule has 0 radical (unpaired) electrons. The molecule has 0 N–H and O–H groups in total. The van der Waals surface area contributed by atoms with Crippen LogP contribution < -0.4 is 0 Å². The lowest BCUT2D eigenvalue weighted by atomic mass is 9.89. The zero-order valence-electron chi connectivity index (χ0n) is 11.4. The number of carbonyl (C=O) groups excluding carboxylic acids is 1. The Balaban J connectivity index is 1.71. The summed E-state index contributed by atoms with van der Waals surface area (Å²) in [6, 6.07) is 0. The van der Waals surface area contributed by atoms with Gasteiger partial charge in [0.2, 0.25) is 5.91 Å². The standard InChI is InChI=1S/C14H23NO3/c1-11(2)13(5-6-13)12(16)15-7-3-4-14(10-15)17-8-9-18-14/h11H,3-10H2,1-2H3. The maximum Gasteiger partial charge on any atom is 0.229 e. The van der Waals surface area contributed by atoms with Crippen molar-refractivity contribution in [3.8, 4) is 0 Å². The Morgan fingerprint density at radius 2 is 1.83 bits per heavy atom. The highest BCUT2D eigenvalue weighted by Gasteiger charge is 2.55. The number of hydrogen-bond acceptors (Lipinski definition) is 3. The van der Waals surface area contributed by atoms with E-state index in [9.17, 15) is 4.79 Å². The van der Waals surface area contributed by atoms with Gasteiger partial charge in [-0.2, -0.15) is 0 Å². The summed E-state index contributed by atoms with van der Waals surface area (Å²) in [6.07, 6.45) is 4.01. The van der Waals surface area contributed by atoms with Gasteiger partial charge in [-0.25, -0.2) is 0 Å². The van der Waals surface area contributed by atoms with Crippen LogP contribution in [0, 0.1) is 11.3 Å². The number of nitrogens with zero attached hydrogens (tertiary/aromatic N) is 1. The number of carbonyl (C=O) groups is 1. The lowest BCUT2D eigenvalue weighted by Gasteiger charge is -2.40. The van der Waals surface area contributed by atoms with E-state index >= 15 is 0 Å². The largest absolute Gasteiger partial charge is 0.346 e. The molecule has 0 atom stereocenters. The average Bonchev–Trinajstić information content (AvgIpc) is 3.07. The summed E-state index contributed by atoms with van der Waals surface area (Å²) in [7, 11) is 0. The first kappa shape index (κ1) is 12.4. The van der Waals surface area contributed by atoms with Crippen LogP contribution in [0.5, 0.6) is 0 Å². The fraction of sp³-hybridized carbons (Fsp3) is 0.929. The summed E-state index contributed by atoms with van der Waals surface area (Å²) in [5.41, 5.74) is -0.0723. The maximum absolute atomic E-state index is 12.7. The zero-order chi connectivity index (χ0) is 12.8. The fourth-order valence-corrected chi connectivity index (χ4v) is 3.38. The third kappa shape index (κ3) is 1.86. The van der Waals surface area contributed by atoms with Gasteiger partial charge in [-0.3, -0.25) is 4.79 Å². The summed E-state index contributed by atoms with van der Waals surface area (Å²) in [6.45, 7) is 7.14.